The van der Waals surface area contributed by atoms with Crippen LogP contribution < -0.4 is 11.0 Å². The Balaban J connectivity index is 1.19. The minimum absolute atomic E-state index is 0.0434. The average molecular weight is 598 g/mol. The predicted molar refractivity (Wildman–Crippen MR) is 158 cm³/mol. The number of pyridine rings is 1. The van der Waals surface area contributed by atoms with Crippen molar-refractivity contribution in [3.63, 3.8) is 0 Å². The summed E-state index contributed by atoms with van der Waals surface area (Å²) in [6.45, 7) is 2.80. The molecule has 1 aliphatic heterocycles. The maximum Gasteiger partial charge on any atom is 0.264 e. The summed E-state index contributed by atoms with van der Waals surface area (Å²) in [4.78, 5) is 30.9. The van der Waals surface area contributed by atoms with E-state index < -0.39 is 27.6 Å². The highest BCUT2D eigenvalue weighted by atomic mass is 32.2. The Labute approximate surface area is 247 Å². The molecule has 1 aliphatic carbocycles. The van der Waals surface area contributed by atoms with Crippen LogP contribution in [0.5, 0.6) is 0 Å². The Kier molecular flexibility index (Phi) is 9.86. The molecule has 2 fully saturated rings. The number of aryl methyl sites for hydroxylation is 1. The summed E-state index contributed by atoms with van der Waals surface area (Å²) in [7, 11) is -3.15. The Morgan fingerprint density at radius 2 is 1.79 bits per heavy atom. The summed E-state index contributed by atoms with van der Waals surface area (Å²) in [5, 5.41) is 8.68. The summed E-state index contributed by atoms with van der Waals surface area (Å²) in [6, 6.07) is 11.1. The van der Waals surface area contributed by atoms with E-state index in [0.29, 0.717) is 18.9 Å². The largest absolute Gasteiger partial charge is 0.350 e. The van der Waals surface area contributed by atoms with Crippen molar-refractivity contribution in [2.24, 2.45) is 5.92 Å². The summed E-state index contributed by atoms with van der Waals surface area (Å²) in [5.41, 5.74) is 5.32. The van der Waals surface area contributed by atoms with Gasteiger partial charge in [0.25, 0.3) is 11.5 Å². The first-order valence-electron chi connectivity index (χ1n) is 14.8. The van der Waals surface area contributed by atoms with Gasteiger partial charge in [0, 0.05) is 43.9 Å². The molecule has 3 heterocycles. The van der Waals surface area contributed by atoms with Gasteiger partial charge in [-0.05, 0) is 62.1 Å². The van der Waals surface area contributed by atoms with E-state index in [0.717, 1.165) is 41.8 Å². The molecule has 226 valence electrons. The summed E-state index contributed by atoms with van der Waals surface area (Å²) >= 11 is 0. The lowest BCUT2D eigenvalue weighted by atomic mass is 9.89. The molecule has 2 unspecified atom stereocenters. The zero-order chi connectivity index (χ0) is 29.5. The van der Waals surface area contributed by atoms with E-state index in [9.17, 15) is 18.0 Å². The quantitative estimate of drug-likeness (QED) is 0.253. The number of rotatable bonds is 11. The maximum atomic E-state index is 12.9. The SMILES string of the molecule is CC(CCn1ccc(-c2ccc(-c3cn(CC4CCCCC4)nn3)cc2)cc1=O)(C(=O)NOC1CCCCO1)[SH](=O)=O. The Morgan fingerprint density at radius 1 is 1.05 bits per heavy atom. The molecule has 12 heteroatoms. The number of thiol groups is 1. The molecule has 0 spiro atoms. The van der Waals surface area contributed by atoms with Gasteiger partial charge in [-0.2, -0.15) is 0 Å². The highest BCUT2D eigenvalue weighted by molar-refractivity contribution is 7.75. The number of aromatic nitrogens is 4. The molecule has 1 aromatic carbocycles. The van der Waals surface area contributed by atoms with E-state index in [2.05, 4.69) is 15.8 Å². The fourth-order valence-corrected chi connectivity index (χ4v) is 6.01. The van der Waals surface area contributed by atoms with E-state index in [1.807, 2.05) is 35.1 Å². The lowest BCUT2D eigenvalue weighted by molar-refractivity contribution is -0.201. The number of nitrogens with zero attached hydrogens (tertiary/aromatic N) is 4. The van der Waals surface area contributed by atoms with Gasteiger partial charge in [0.2, 0.25) is 0 Å². The number of hydroxylamine groups is 1. The third-order valence-electron chi connectivity index (χ3n) is 8.37. The van der Waals surface area contributed by atoms with Crippen molar-refractivity contribution in [1.82, 2.24) is 25.0 Å². The molecule has 1 amide bonds. The molecule has 1 saturated heterocycles. The Bertz CT molecular complexity index is 1480. The Morgan fingerprint density at radius 3 is 2.48 bits per heavy atom. The smallest absolute Gasteiger partial charge is 0.264 e. The molecular weight excluding hydrogens is 558 g/mol. The zero-order valence-electron chi connectivity index (χ0n) is 23.9. The van der Waals surface area contributed by atoms with E-state index in [-0.39, 0.29) is 18.5 Å². The van der Waals surface area contributed by atoms with Gasteiger partial charge in [-0.15, -0.1) is 5.10 Å². The zero-order valence-corrected chi connectivity index (χ0v) is 24.8. The Hall–Kier alpha value is -3.35. The van der Waals surface area contributed by atoms with Gasteiger partial charge in [-0.25, -0.2) is 18.7 Å². The number of ether oxygens (including phenoxy) is 1. The van der Waals surface area contributed by atoms with Crippen LogP contribution in [0.3, 0.4) is 0 Å². The number of carbonyl (C=O) groups excluding carboxylic acids is 1. The second-order valence-electron chi connectivity index (χ2n) is 11.5. The van der Waals surface area contributed by atoms with Crippen molar-refractivity contribution in [2.75, 3.05) is 6.61 Å². The molecule has 0 bridgehead atoms. The average Bonchev–Trinajstić information content (AvgIpc) is 3.48. The van der Waals surface area contributed by atoms with Crippen LogP contribution >= 0.6 is 0 Å². The number of amides is 1. The van der Waals surface area contributed by atoms with Crippen molar-refractivity contribution < 1.29 is 22.8 Å². The van der Waals surface area contributed by atoms with Crippen LogP contribution in [0.15, 0.2) is 53.6 Å². The highest BCUT2D eigenvalue weighted by Crippen LogP contribution is 2.26. The lowest BCUT2D eigenvalue weighted by Gasteiger charge is -2.26. The van der Waals surface area contributed by atoms with Crippen molar-refractivity contribution in [2.45, 2.75) is 88.8 Å². The molecule has 2 aliphatic rings. The third-order valence-corrected chi connectivity index (χ3v) is 9.60. The summed E-state index contributed by atoms with van der Waals surface area (Å²) in [6.07, 6.45) is 11.8. The van der Waals surface area contributed by atoms with Gasteiger partial charge in [0.05, 0.1) is 6.20 Å². The first kappa shape index (κ1) is 30.1. The van der Waals surface area contributed by atoms with Crippen LogP contribution in [-0.4, -0.2) is 51.5 Å². The molecule has 5 rings (SSSR count). The second kappa shape index (κ2) is 13.7. The second-order valence-corrected chi connectivity index (χ2v) is 13.0. The molecular formula is C30H39N5O6S. The van der Waals surface area contributed by atoms with Crippen LogP contribution in [0.25, 0.3) is 22.4 Å². The van der Waals surface area contributed by atoms with E-state index in [1.54, 1.807) is 12.3 Å². The minimum Gasteiger partial charge on any atom is -0.350 e. The van der Waals surface area contributed by atoms with E-state index in [1.165, 1.54) is 49.7 Å². The van der Waals surface area contributed by atoms with Crippen LogP contribution in [0.1, 0.15) is 64.7 Å². The highest BCUT2D eigenvalue weighted by Gasteiger charge is 2.38. The number of benzene rings is 1. The summed E-state index contributed by atoms with van der Waals surface area (Å²) < 4.78 is 31.1. The fourth-order valence-electron chi connectivity index (χ4n) is 5.52. The van der Waals surface area contributed by atoms with Gasteiger partial charge in [0.1, 0.15) is 10.4 Å². The normalized spacial score (nSPS) is 19.4. The van der Waals surface area contributed by atoms with E-state index in [4.69, 9.17) is 9.57 Å². The van der Waals surface area contributed by atoms with Gasteiger partial charge in [0.15, 0.2) is 17.0 Å². The van der Waals surface area contributed by atoms with Crippen LogP contribution in [0, 0.1) is 5.92 Å². The molecule has 1 N–H and O–H groups in total. The van der Waals surface area contributed by atoms with Crippen molar-refractivity contribution >= 4 is 16.6 Å². The van der Waals surface area contributed by atoms with Gasteiger partial charge >= 0.3 is 0 Å². The molecule has 3 aromatic rings. The standard InChI is InChI=1S/C30H39N5O6S/c1-30(42(38)39,29(37)32-41-28-9-5-6-18-40-28)15-17-34-16-14-25(19-27(34)36)23-10-12-24(13-11-23)26-21-35(33-31-26)20-22-7-3-2-4-8-22/h10-14,16,19,21-22,28,42H,2-9,15,17-18,20H2,1H3,(H,32,37). The first-order valence-corrected chi connectivity index (χ1v) is 15.9. The molecule has 11 nitrogen and oxygen atoms in total. The van der Waals surface area contributed by atoms with Crippen LogP contribution in [0.4, 0.5) is 0 Å². The molecule has 2 atom stereocenters. The predicted octanol–water partition coefficient (Wildman–Crippen LogP) is 3.69. The van der Waals surface area contributed by atoms with Crippen LogP contribution in [0.2, 0.25) is 0 Å². The van der Waals surface area contributed by atoms with E-state index >= 15 is 0 Å². The molecule has 42 heavy (non-hydrogen) atoms. The van der Waals surface area contributed by atoms with Gasteiger partial charge in [-0.1, -0.05) is 48.7 Å². The first-order chi connectivity index (χ1) is 20.3. The lowest BCUT2D eigenvalue weighted by Crippen LogP contribution is -2.48. The van der Waals surface area contributed by atoms with Gasteiger partial charge in [-0.3, -0.25) is 14.3 Å². The number of nitrogens with one attached hydrogen (secondary N) is 1. The third kappa shape index (κ3) is 7.34. The molecule has 1 saturated carbocycles. The molecule has 2 aromatic heterocycles. The van der Waals surface area contributed by atoms with Crippen LogP contribution in [-0.2, 0) is 38.2 Å². The number of hydrogen-bond donors (Lipinski definition) is 2. The molecule has 0 radical (unpaired) electrons. The minimum atomic E-state index is -3.15. The monoisotopic (exact) mass is 597 g/mol. The van der Waals surface area contributed by atoms with Crippen molar-refractivity contribution in [3.8, 4) is 22.4 Å². The van der Waals surface area contributed by atoms with Gasteiger partial charge < -0.3 is 9.30 Å². The maximum absolute atomic E-state index is 12.9. The number of hydrogen-bond acceptors (Lipinski definition) is 8. The number of carbonyl (C=O) groups is 1. The van der Waals surface area contributed by atoms with Crippen molar-refractivity contribution in [3.05, 3.63) is 59.1 Å². The summed E-state index contributed by atoms with van der Waals surface area (Å²) in [5.74, 6) is -0.117. The topological polar surface area (TPSA) is 134 Å². The fraction of sp³-hybridized carbons (Fsp3) is 0.533. The van der Waals surface area contributed by atoms with Crippen molar-refractivity contribution in [1.29, 1.82) is 0 Å².